The van der Waals surface area contributed by atoms with Gasteiger partial charge in [-0.3, -0.25) is 4.79 Å². The van der Waals surface area contributed by atoms with Crippen LogP contribution in [-0.2, 0) is 4.79 Å². The number of hydrogen-bond acceptors (Lipinski definition) is 2. The first kappa shape index (κ1) is 10.1. The van der Waals surface area contributed by atoms with E-state index in [1.165, 1.54) is 0 Å². The summed E-state index contributed by atoms with van der Waals surface area (Å²) in [6.45, 7) is 3.51. The number of carbonyl (C=O) groups is 1. The Morgan fingerprint density at radius 3 is 3.00 bits per heavy atom. The molecule has 0 aromatic heterocycles. The average molecular weight is 180 g/mol. The van der Waals surface area contributed by atoms with Crippen LogP contribution in [-0.4, -0.2) is 37.0 Å². The Morgan fingerprint density at radius 2 is 2.46 bits per heavy atom. The Balaban J connectivity index is 2.21. The molecule has 0 aromatic rings. The minimum atomic E-state index is 0.0312. The molecule has 1 heterocycles. The molecule has 0 bridgehead atoms. The fourth-order valence-electron chi connectivity index (χ4n) is 1.45. The predicted molar refractivity (Wildman–Crippen MR) is 52.1 cm³/mol. The quantitative estimate of drug-likeness (QED) is 0.498. The molecular formula is C10H16N2O. The Bertz CT molecular complexity index is 239. The average Bonchev–Trinajstić information content (AvgIpc) is 2.43. The van der Waals surface area contributed by atoms with Crippen LogP contribution in [0.5, 0.6) is 0 Å². The Kier molecular flexibility index (Phi) is 3.78. The monoisotopic (exact) mass is 180 g/mol. The van der Waals surface area contributed by atoms with Crippen LogP contribution in [0.3, 0.4) is 0 Å². The van der Waals surface area contributed by atoms with Crippen molar-refractivity contribution in [1.29, 1.82) is 0 Å². The summed E-state index contributed by atoms with van der Waals surface area (Å²) in [6, 6.07) is 0.0312. The zero-order valence-electron chi connectivity index (χ0n) is 8.26. The third-order valence-corrected chi connectivity index (χ3v) is 2.25. The number of hydrogen-bond donors (Lipinski definition) is 1. The van der Waals surface area contributed by atoms with E-state index in [9.17, 15) is 4.79 Å². The maximum Gasteiger partial charge on any atom is 0.239 e. The highest BCUT2D eigenvalue weighted by atomic mass is 16.2. The van der Waals surface area contributed by atoms with E-state index in [2.05, 4.69) is 17.2 Å². The van der Waals surface area contributed by atoms with Gasteiger partial charge < -0.3 is 10.2 Å². The van der Waals surface area contributed by atoms with Gasteiger partial charge in [0, 0.05) is 26.6 Å². The first-order valence-corrected chi connectivity index (χ1v) is 4.63. The van der Waals surface area contributed by atoms with Crippen LogP contribution in [0.1, 0.15) is 19.8 Å². The first-order valence-electron chi connectivity index (χ1n) is 4.63. The van der Waals surface area contributed by atoms with E-state index in [1.807, 2.05) is 14.0 Å². The van der Waals surface area contributed by atoms with Crippen LogP contribution >= 0.6 is 0 Å². The number of likely N-dealkylation sites (tertiary alicyclic amines) is 1. The van der Waals surface area contributed by atoms with Crippen LogP contribution < -0.4 is 5.32 Å². The van der Waals surface area contributed by atoms with Crippen LogP contribution in [0, 0.1) is 11.8 Å². The lowest BCUT2D eigenvalue weighted by atomic mass is 10.2. The smallest absolute Gasteiger partial charge is 0.239 e. The lowest BCUT2D eigenvalue weighted by Gasteiger charge is -2.10. The Labute approximate surface area is 79.5 Å². The molecule has 72 valence electrons. The maximum absolute atomic E-state index is 11.4. The van der Waals surface area contributed by atoms with Gasteiger partial charge in [0.25, 0.3) is 0 Å². The molecule has 1 rings (SSSR count). The molecule has 1 N–H and O–H groups in total. The normalized spacial score (nSPS) is 21.5. The zero-order chi connectivity index (χ0) is 9.68. The van der Waals surface area contributed by atoms with Crippen molar-refractivity contribution in [2.45, 2.75) is 25.8 Å². The van der Waals surface area contributed by atoms with Crippen molar-refractivity contribution in [2.24, 2.45) is 0 Å². The number of amides is 1. The summed E-state index contributed by atoms with van der Waals surface area (Å²) in [6.07, 6.45) is 1.75. The molecule has 1 unspecified atom stereocenters. The lowest BCUT2D eigenvalue weighted by Crippen LogP contribution is -2.37. The standard InChI is InChI=1S/C10H16N2O/c1-3-4-5-7-11-9-6-8-12(2)10(9)13/h9,11H,5-8H2,1-2H3. The maximum atomic E-state index is 11.4. The molecule has 3 heteroatoms. The van der Waals surface area contributed by atoms with Gasteiger partial charge in [0.1, 0.15) is 0 Å². The van der Waals surface area contributed by atoms with Crippen molar-refractivity contribution in [3.8, 4) is 11.8 Å². The third-order valence-electron chi connectivity index (χ3n) is 2.25. The molecule has 1 saturated heterocycles. The minimum absolute atomic E-state index is 0.0312. The van der Waals surface area contributed by atoms with Gasteiger partial charge in [-0.1, -0.05) is 0 Å². The van der Waals surface area contributed by atoms with E-state index in [-0.39, 0.29) is 11.9 Å². The number of carbonyl (C=O) groups excluding carboxylic acids is 1. The lowest BCUT2D eigenvalue weighted by molar-refractivity contribution is -0.128. The third kappa shape index (κ3) is 2.74. The van der Waals surface area contributed by atoms with Gasteiger partial charge >= 0.3 is 0 Å². The SMILES string of the molecule is CC#CCCNC1CCN(C)C1=O. The van der Waals surface area contributed by atoms with Crippen LogP contribution in [0.15, 0.2) is 0 Å². The topological polar surface area (TPSA) is 32.3 Å². The summed E-state index contributed by atoms with van der Waals surface area (Å²) < 4.78 is 0. The summed E-state index contributed by atoms with van der Waals surface area (Å²) in [5.74, 6) is 6.00. The van der Waals surface area contributed by atoms with E-state index in [1.54, 1.807) is 4.90 Å². The van der Waals surface area contributed by atoms with Gasteiger partial charge in [0.05, 0.1) is 6.04 Å². The van der Waals surface area contributed by atoms with Crippen molar-refractivity contribution in [2.75, 3.05) is 20.1 Å². The molecule has 0 aliphatic carbocycles. The van der Waals surface area contributed by atoms with Gasteiger partial charge in [0.2, 0.25) is 5.91 Å². The number of rotatable bonds is 3. The van der Waals surface area contributed by atoms with E-state index >= 15 is 0 Å². The molecule has 0 radical (unpaired) electrons. The molecule has 13 heavy (non-hydrogen) atoms. The highest BCUT2D eigenvalue weighted by Gasteiger charge is 2.27. The predicted octanol–water partition coefficient (Wildman–Crippen LogP) is 0.220. The number of likely N-dealkylation sites (N-methyl/N-ethyl adjacent to an activating group) is 1. The van der Waals surface area contributed by atoms with Gasteiger partial charge in [0.15, 0.2) is 0 Å². The van der Waals surface area contributed by atoms with Gasteiger partial charge in [-0.05, 0) is 13.3 Å². The Morgan fingerprint density at radius 1 is 1.69 bits per heavy atom. The van der Waals surface area contributed by atoms with E-state index < -0.39 is 0 Å². The minimum Gasteiger partial charge on any atom is -0.344 e. The molecule has 3 nitrogen and oxygen atoms in total. The highest BCUT2D eigenvalue weighted by Crippen LogP contribution is 2.07. The highest BCUT2D eigenvalue weighted by molar-refractivity contribution is 5.83. The Hall–Kier alpha value is -1.01. The molecule has 1 fully saturated rings. The molecular weight excluding hydrogens is 164 g/mol. The molecule has 1 aliphatic heterocycles. The fraction of sp³-hybridized carbons (Fsp3) is 0.700. The number of nitrogens with one attached hydrogen (secondary N) is 1. The number of nitrogens with zero attached hydrogens (tertiary/aromatic N) is 1. The van der Waals surface area contributed by atoms with E-state index in [4.69, 9.17) is 0 Å². The second-order valence-corrected chi connectivity index (χ2v) is 3.23. The molecule has 0 spiro atoms. The summed E-state index contributed by atoms with van der Waals surface area (Å²) in [5, 5.41) is 3.20. The summed E-state index contributed by atoms with van der Waals surface area (Å²) in [7, 11) is 1.84. The molecule has 1 atom stereocenters. The van der Waals surface area contributed by atoms with Gasteiger partial charge in [-0.2, -0.15) is 0 Å². The van der Waals surface area contributed by atoms with Gasteiger partial charge in [-0.25, -0.2) is 0 Å². The van der Waals surface area contributed by atoms with Crippen molar-refractivity contribution in [1.82, 2.24) is 10.2 Å². The zero-order valence-corrected chi connectivity index (χ0v) is 8.26. The second-order valence-electron chi connectivity index (χ2n) is 3.23. The van der Waals surface area contributed by atoms with Gasteiger partial charge in [-0.15, -0.1) is 11.8 Å². The van der Waals surface area contributed by atoms with Crippen LogP contribution in [0.4, 0.5) is 0 Å². The summed E-state index contributed by atoms with van der Waals surface area (Å²) in [5.41, 5.74) is 0. The van der Waals surface area contributed by atoms with Crippen molar-refractivity contribution in [3.05, 3.63) is 0 Å². The molecule has 1 aliphatic rings. The first-order chi connectivity index (χ1) is 6.25. The summed E-state index contributed by atoms with van der Waals surface area (Å²) >= 11 is 0. The second kappa shape index (κ2) is 4.88. The van der Waals surface area contributed by atoms with Crippen molar-refractivity contribution >= 4 is 5.91 Å². The van der Waals surface area contributed by atoms with E-state index in [0.717, 1.165) is 25.9 Å². The summed E-state index contributed by atoms with van der Waals surface area (Å²) in [4.78, 5) is 13.2. The van der Waals surface area contributed by atoms with Crippen LogP contribution in [0.2, 0.25) is 0 Å². The van der Waals surface area contributed by atoms with E-state index in [0.29, 0.717) is 0 Å². The van der Waals surface area contributed by atoms with Crippen LogP contribution in [0.25, 0.3) is 0 Å². The van der Waals surface area contributed by atoms with Crippen molar-refractivity contribution in [3.63, 3.8) is 0 Å². The molecule has 1 amide bonds. The molecule has 0 saturated carbocycles. The molecule has 0 aromatic carbocycles. The fourth-order valence-corrected chi connectivity index (χ4v) is 1.45. The largest absolute Gasteiger partial charge is 0.344 e. The van der Waals surface area contributed by atoms with Crippen molar-refractivity contribution < 1.29 is 4.79 Å².